The predicted molar refractivity (Wildman–Crippen MR) is 81.3 cm³/mol. The van der Waals surface area contributed by atoms with Crippen LogP contribution in [0.25, 0.3) is 11.6 Å². The molecule has 0 aliphatic heterocycles. The van der Waals surface area contributed by atoms with E-state index in [1.165, 1.54) is 5.56 Å². The lowest BCUT2D eigenvalue weighted by Crippen LogP contribution is -1.99. The van der Waals surface area contributed by atoms with Gasteiger partial charge in [-0.25, -0.2) is 0 Å². The highest BCUT2D eigenvalue weighted by molar-refractivity contribution is 7.99. The van der Waals surface area contributed by atoms with Gasteiger partial charge in [0.05, 0.1) is 0 Å². The fourth-order valence-electron chi connectivity index (χ4n) is 1.53. The molecule has 0 radical (unpaired) electrons. The molecular formula is C15H18N2OS. The Kier molecular flexibility index (Phi) is 8.36. The highest BCUT2D eigenvalue weighted by Gasteiger charge is 2.01. The van der Waals surface area contributed by atoms with Gasteiger partial charge in [0.2, 0.25) is 5.78 Å². The van der Waals surface area contributed by atoms with Crippen molar-refractivity contribution in [1.29, 1.82) is 0 Å². The van der Waals surface area contributed by atoms with Crippen molar-refractivity contribution in [2.24, 2.45) is 0 Å². The second-order valence-corrected chi connectivity index (χ2v) is 5.21. The van der Waals surface area contributed by atoms with Crippen LogP contribution in [-0.2, 0) is 4.79 Å². The molecule has 19 heavy (non-hydrogen) atoms. The SMILES string of the molecule is [N-]=[N+]=CC(=O)CCCCSC/C=C/c1ccccc1. The summed E-state index contributed by atoms with van der Waals surface area (Å²) in [6.07, 6.45) is 7.56. The Morgan fingerprint density at radius 3 is 2.79 bits per heavy atom. The summed E-state index contributed by atoms with van der Waals surface area (Å²) in [4.78, 5) is 13.7. The maximum Gasteiger partial charge on any atom is 0.323 e. The van der Waals surface area contributed by atoms with Gasteiger partial charge in [-0.15, -0.1) is 0 Å². The second kappa shape index (κ2) is 10.3. The van der Waals surface area contributed by atoms with Crippen LogP contribution in [0, 0.1) is 0 Å². The molecule has 0 aromatic heterocycles. The molecule has 1 aromatic carbocycles. The first-order valence-corrected chi connectivity index (χ1v) is 7.48. The number of hydrogen-bond donors (Lipinski definition) is 0. The first-order chi connectivity index (χ1) is 9.33. The van der Waals surface area contributed by atoms with Crippen molar-refractivity contribution < 1.29 is 9.58 Å². The average Bonchev–Trinajstić information content (AvgIpc) is 2.43. The van der Waals surface area contributed by atoms with Gasteiger partial charge in [0, 0.05) is 12.2 Å². The molecule has 0 heterocycles. The molecule has 0 N–H and O–H groups in total. The number of unbranched alkanes of at least 4 members (excludes halogenated alkanes) is 1. The minimum atomic E-state index is -0.114. The number of benzene rings is 1. The fourth-order valence-corrected chi connectivity index (χ4v) is 2.34. The van der Waals surface area contributed by atoms with E-state index in [-0.39, 0.29) is 5.78 Å². The molecule has 3 nitrogen and oxygen atoms in total. The van der Waals surface area contributed by atoms with Gasteiger partial charge >= 0.3 is 6.21 Å². The normalized spacial score (nSPS) is 10.3. The van der Waals surface area contributed by atoms with E-state index in [4.69, 9.17) is 5.53 Å². The van der Waals surface area contributed by atoms with E-state index in [0.29, 0.717) is 6.42 Å². The summed E-state index contributed by atoms with van der Waals surface area (Å²) in [6.45, 7) is 0. The largest absolute Gasteiger partial charge is 0.361 e. The third-order valence-corrected chi connectivity index (χ3v) is 3.49. The summed E-state index contributed by atoms with van der Waals surface area (Å²) in [5, 5.41) is 0. The lowest BCUT2D eigenvalue weighted by Gasteiger charge is -1.97. The van der Waals surface area contributed by atoms with E-state index in [1.54, 1.807) is 0 Å². The van der Waals surface area contributed by atoms with E-state index in [2.05, 4.69) is 29.1 Å². The minimum absolute atomic E-state index is 0.114. The van der Waals surface area contributed by atoms with Gasteiger partial charge in [0.15, 0.2) is 0 Å². The van der Waals surface area contributed by atoms with Gasteiger partial charge in [-0.1, -0.05) is 42.5 Å². The molecule has 0 aliphatic rings. The Balaban J connectivity index is 2.01. The number of rotatable bonds is 9. The highest BCUT2D eigenvalue weighted by Crippen LogP contribution is 2.08. The van der Waals surface area contributed by atoms with Crippen molar-refractivity contribution in [1.82, 2.24) is 0 Å². The van der Waals surface area contributed by atoms with Crippen LogP contribution in [0.15, 0.2) is 36.4 Å². The van der Waals surface area contributed by atoms with Gasteiger partial charge in [-0.2, -0.15) is 16.6 Å². The summed E-state index contributed by atoms with van der Waals surface area (Å²) in [5.41, 5.74) is 9.39. The standard InChI is InChI=1S/C15H18N2OS/c16-17-13-15(18)10-4-5-11-19-12-6-9-14-7-2-1-3-8-14/h1-3,6-9,13H,4-5,10-12H2/b9-6+. The summed E-state index contributed by atoms with van der Waals surface area (Å²) in [6, 6.07) is 10.2. The molecule has 1 aromatic rings. The van der Waals surface area contributed by atoms with E-state index in [9.17, 15) is 4.79 Å². The number of hydrogen-bond acceptors (Lipinski definition) is 2. The van der Waals surface area contributed by atoms with Gasteiger partial charge in [0.25, 0.3) is 0 Å². The maximum absolute atomic E-state index is 11.0. The molecule has 0 atom stereocenters. The molecule has 0 saturated carbocycles. The van der Waals surface area contributed by atoms with Crippen molar-refractivity contribution >= 4 is 29.8 Å². The number of ketones is 1. The predicted octanol–water partition coefficient (Wildman–Crippen LogP) is 3.47. The quantitative estimate of drug-likeness (QED) is 0.299. The van der Waals surface area contributed by atoms with Crippen molar-refractivity contribution in [2.45, 2.75) is 19.3 Å². The number of Topliss-reactive ketones (excluding diaryl/α,β-unsaturated/α-hetero) is 1. The highest BCUT2D eigenvalue weighted by atomic mass is 32.2. The molecule has 0 bridgehead atoms. The van der Waals surface area contributed by atoms with Gasteiger partial charge < -0.3 is 5.53 Å². The Morgan fingerprint density at radius 1 is 1.26 bits per heavy atom. The number of thioether (sulfide) groups is 1. The third-order valence-electron chi connectivity index (χ3n) is 2.49. The Hall–Kier alpha value is -1.64. The summed E-state index contributed by atoms with van der Waals surface area (Å²) < 4.78 is 0. The molecule has 1 rings (SSSR count). The summed E-state index contributed by atoms with van der Waals surface area (Å²) in [5.74, 6) is 1.92. The van der Waals surface area contributed by atoms with Crippen LogP contribution >= 0.6 is 11.8 Å². The van der Waals surface area contributed by atoms with Crippen molar-refractivity contribution in [3.63, 3.8) is 0 Å². The Bertz CT molecular complexity index is 450. The van der Waals surface area contributed by atoms with E-state index < -0.39 is 0 Å². The lowest BCUT2D eigenvalue weighted by atomic mass is 10.2. The maximum atomic E-state index is 11.0. The van der Waals surface area contributed by atoms with Crippen molar-refractivity contribution in [3.8, 4) is 0 Å². The molecule has 0 spiro atoms. The van der Waals surface area contributed by atoms with Gasteiger partial charge in [-0.05, 0) is 24.2 Å². The van der Waals surface area contributed by atoms with Crippen LogP contribution in [-0.4, -0.2) is 28.3 Å². The molecule has 0 unspecified atom stereocenters. The topological polar surface area (TPSA) is 53.5 Å². The van der Waals surface area contributed by atoms with Gasteiger partial charge in [0.1, 0.15) is 0 Å². The molecule has 4 heteroatoms. The zero-order chi connectivity index (χ0) is 13.8. The first-order valence-electron chi connectivity index (χ1n) is 6.32. The molecule has 0 saturated heterocycles. The Morgan fingerprint density at radius 2 is 2.05 bits per heavy atom. The zero-order valence-corrected chi connectivity index (χ0v) is 11.7. The smallest absolute Gasteiger partial charge is 0.323 e. The van der Waals surface area contributed by atoms with Crippen molar-refractivity contribution in [3.05, 3.63) is 47.5 Å². The molecule has 100 valence electrons. The van der Waals surface area contributed by atoms with Crippen LogP contribution in [0.3, 0.4) is 0 Å². The monoisotopic (exact) mass is 274 g/mol. The Labute approximate surface area is 118 Å². The van der Waals surface area contributed by atoms with E-state index >= 15 is 0 Å². The lowest BCUT2D eigenvalue weighted by molar-refractivity contribution is -0.116. The molecular weight excluding hydrogens is 256 g/mol. The van der Waals surface area contributed by atoms with E-state index in [1.807, 2.05) is 30.0 Å². The second-order valence-electron chi connectivity index (χ2n) is 4.06. The van der Waals surface area contributed by atoms with Crippen LogP contribution in [0.5, 0.6) is 0 Å². The van der Waals surface area contributed by atoms with Gasteiger partial charge in [-0.3, -0.25) is 4.79 Å². The molecule has 0 fully saturated rings. The van der Waals surface area contributed by atoms with Crippen LogP contribution < -0.4 is 0 Å². The number of carbonyl (C=O) groups excluding carboxylic acids is 1. The average molecular weight is 274 g/mol. The first kappa shape index (κ1) is 15.4. The van der Waals surface area contributed by atoms with Crippen molar-refractivity contribution in [2.75, 3.05) is 11.5 Å². The molecule has 0 aliphatic carbocycles. The van der Waals surface area contributed by atoms with Crippen LogP contribution in [0.1, 0.15) is 24.8 Å². The third kappa shape index (κ3) is 8.14. The summed E-state index contributed by atoms with van der Waals surface area (Å²) >= 11 is 1.86. The minimum Gasteiger partial charge on any atom is -0.361 e. The number of carbonyl (C=O) groups is 1. The number of nitrogens with zero attached hydrogens (tertiary/aromatic N) is 2. The zero-order valence-electron chi connectivity index (χ0n) is 10.9. The van der Waals surface area contributed by atoms with Crippen LogP contribution in [0.4, 0.5) is 0 Å². The van der Waals surface area contributed by atoms with E-state index in [0.717, 1.165) is 30.6 Å². The fraction of sp³-hybridized carbons (Fsp3) is 0.333. The summed E-state index contributed by atoms with van der Waals surface area (Å²) in [7, 11) is 0. The van der Waals surface area contributed by atoms with Crippen LogP contribution in [0.2, 0.25) is 0 Å². The molecule has 0 amide bonds.